The molecular formula is C21H37BrN4O10. The first-order valence-electron chi connectivity index (χ1n) is 11.7. The molecule has 14 nitrogen and oxygen atoms in total. The molecule has 1 rings (SSSR count). The normalized spacial score (nSPS) is 24.4. The van der Waals surface area contributed by atoms with Crippen LogP contribution in [0.5, 0.6) is 0 Å². The van der Waals surface area contributed by atoms with Crippen molar-refractivity contribution in [2.75, 3.05) is 38.2 Å². The number of carbonyl (C=O) groups excluding carboxylic acids is 4. The lowest BCUT2D eigenvalue weighted by molar-refractivity contribution is -0.271. The highest BCUT2D eigenvalue weighted by atomic mass is 79.9. The van der Waals surface area contributed by atoms with Crippen LogP contribution in [0.25, 0.3) is 0 Å². The third-order valence-electron chi connectivity index (χ3n) is 5.26. The van der Waals surface area contributed by atoms with E-state index in [2.05, 4.69) is 37.2 Å². The fraction of sp³-hybridized carbons (Fsp3) is 0.810. The van der Waals surface area contributed by atoms with Crippen molar-refractivity contribution >= 4 is 39.6 Å². The minimum atomic E-state index is -1.53. The van der Waals surface area contributed by atoms with Crippen LogP contribution in [0.3, 0.4) is 0 Å². The Hall–Kier alpha value is -1.88. The highest BCUT2D eigenvalue weighted by molar-refractivity contribution is 9.09. The summed E-state index contributed by atoms with van der Waals surface area (Å²) in [5.41, 5.74) is 0. The van der Waals surface area contributed by atoms with Crippen molar-refractivity contribution in [3.05, 3.63) is 0 Å². The van der Waals surface area contributed by atoms with Crippen LogP contribution in [0.4, 0.5) is 0 Å². The Labute approximate surface area is 217 Å². The van der Waals surface area contributed by atoms with Crippen LogP contribution in [0.15, 0.2) is 0 Å². The van der Waals surface area contributed by atoms with E-state index < -0.39 is 67.6 Å². The Morgan fingerprint density at radius 2 is 1.72 bits per heavy atom. The second-order valence-corrected chi connectivity index (χ2v) is 8.76. The number of nitrogens with one attached hydrogen (secondary N) is 4. The molecule has 0 radical (unpaired) electrons. The van der Waals surface area contributed by atoms with E-state index in [1.807, 2.05) is 0 Å². The molecule has 0 aromatic rings. The van der Waals surface area contributed by atoms with E-state index in [-0.39, 0.29) is 30.8 Å². The molecule has 0 bridgehead atoms. The summed E-state index contributed by atoms with van der Waals surface area (Å²) in [7, 11) is 0. The zero-order valence-corrected chi connectivity index (χ0v) is 21.7. The third kappa shape index (κ3) is 11.5. The number of hydrogen-bond acceptors (Lipinski definition) is 10. The number of carbonyl (C=O) groups is 4. The molecule has 4 amide bonds. The van der Waals surface area contributed by atoms with E-state index in [0.717, 1.165) is 0 Å². The SMILES string of the molecule is CC(=O)N[C@H]1[C@@H](OC[C@H](NC(=O)CCCCCNC(=O)CBr)C(=O)NCCO)O[C@H](CO)[C@H](O)[C@@H]1O. The fourth-order valence-corrected chi connectivity index (χ4v) is 3.62. The van der Waals surface area contributed by atoms with E-state index in [4.69, 9.17) is 14.6 Å². The van der Waals surface area contributed by atoms with Gasteiger partial charge in [0.05, 0.1) is 25.2 Å². The molecular weight excluding hydrogens is 548 g/mol. The highest BCUT2D eigenvalue weighted by Gasteiger charge is 2.45. The van der Waals surface area contributed by atoms with Gasteiger partial charge < -0.3 is 51.2 Å². The van der Waals surface area contributed by atoms with Gasteiger partial charge in [0.1, 0.15) is 30.4 Å². The van der Waals surface area contributed by atoms with Gasteiger partial charge >= 0.3 is 0 Å². The number of halogens is 1. The maximum Gasteiger partial charge on any atom is 0.245 e. The Balaban J connectivity index is 2.71. The van der Waals surface area contributed by atoms with Crippen LogP contribution in [0.2, 0.25) is 0 Å². The maximum atomic E-state index is 12.5. The van der Waals surface area contributed by atoms with Crippen molar-refractivity contribution in [2.45, 2.75) is 69.3 Å². The number of aliphatic hydroxyl groups excluding tert-OH is 4. The van der Waals surface area contributed by atoms with E-state index in [1.54, 1.807) is 0 Å². The molecule has 1 saturated heterocycles. The first-order valence-corrected chi connectivity index (χ1v) is 12.8. The molecule has 15 heteroatoms. The largest absolute Gasteiger partial charge is 0.395 e. The van der Waals surface area contributed by atoms with Crippen LogP contribution < -0.4 is 21.3 Å². The molecule has 0 aromatic carbocycles. The number of alkyl halides is 1. The van der Waals surface area contributed by atoms with Crippen LogP contribution in [0, 0.1) is 0 Å². The molecule has 1 aliphatic heterocycles. The van der Waals surface area contributed by atoms with Gasteiger partial charge in [-0.2, -0.15) is 0 Å². The molecule has 1 heterocycles. The van der Waals surface area contributed by atoms with Crippen molar-refractivity contribution in [3.63, 3.8) is 0 Å². The molecule has 0 aliphatic carbocycles. The summed E-state index contributed by atoms with van der Waals surface area (Å²) < 4.78 is 11.1. The van der Waals surface area contributed by atoms with Gasteiger partial charge in [-0.15, -0.1) is 0 Å². The lowest BCUT2D eigenvalue weighted by atomic mass is 9.97. The molecule has 0 unspecified atom stereocenters. The van der Waals surface area contributed by atoms with Crippen LogP contribution in [-0.2, 0) is 28.7 Å². The highest BCUT2D eigenvalue weighted by Crippen LogP contribution is 2.22. The van der Waals surface area contributed by atoms with E-state index in [1.165, 1.54) is 6.92 Å². The monoisotopic (exact) mass is 584 g/mol. The average Bonchev–Trinajstić information content (AvgIpc) is 2.85. The summed E-state index contributed by atoms with van der Waals surface area (Å²) in [5.74, 6) is -1.73. The first-order chi connectivity index (χ1) is 17.1. The Morgan fingerprint density at radius 1 is 1.00 bits per heavy atom. The molecule has 208 valence electrons. The third-order valence-corrected chi connectivity index (χ3v) is 5.77. The van der Waals surface area contributed by atoms with Gasteiger partial charge in [0, 0.05) is 26.4 Å². The van der Waals surface area contributed by atoms with Gasteiger partial charge in [-0.25, -0.2) is 0 Å². The Bertz CT molecular complexity index is 716. The number of ether oxygens (including phenoxy) is 2. The maximum absolute atomic E-state index is 12.5. The number of aliphatic hydroxyl groups is 4. The van der Waals surface area contributed by atoms with Gasteiger partial charge in [-0.3, -0.25) is 19.2 Å². The van der Waals surface area contributed by atoms with Gasteiger partial charge in [0.25, 0.3) is 0 Å². The van der Waals surface area contributed by atoms with Crippen molar-refractivity contribution < 1.29 is 49.1 Å². The topological polar surface area (TPSA) is 216 Å². The van der Waals surface area contributed by atoms with Gasteiger partial charge in [-0.05, 0) is 12.8 Å². The first kappa shape index (κ1) is 32.1. The second kappa shape index (κ2) is 17.6. The molecule has 0 saturated carbocycles. The second-order valence-electron chi connectivity index (χ2n) is 8.20. The summed E-state index contributed by atoms with van der Waals surface area (Å²) in [6, 6.07) is -2.40. The number of amides is 4. The lowest BCUT2D eigenvalue weighted by Gasteiger charge is -2.42. The summed E-state index contributed by atoms with van der Waals surface area (Å²) in [6.45, 7) is 0.230. The molecule has 8 N–H and O–H groups in total. The molecule has 1 aliphatic rings. The number of hydrogen-bond donors (Lipinski definition) is 8. The smallest absolute Gasteiger partial charge is 0.245 e. The fourth-order valence-electron chi connectivity index (χ4n) is 3.42. The molecule has 0 spiro atoms. The van der Waals surface area contributed by atoms with Crippen LogP contribution in [0.1, 0.15) is 32.6 Å². The molecule has 0 aromatic heterocycles. The quantitative estimate of drug-likeness (QED) is 0.0664. The van der Waals surface area contributed by atoms with E-state index >= 15 is 0 Å². The predicted octanol–water partition coefficient (Wildman–Crippen LogP) is -3.39. The van der Waals surface area contributed by atoms with Gasteiger partial charge in [0.15, 0.2) is 6.29 Å². The number of rotatable bonds is 16. The summed E-state index contributed by atoms with van der Waals surface area (Å²) in [6.07, 6.45) is -3.59. The molecule has 1 fully saturated rings. The average molecular weight is 585 g/mol. The van der Waals surface area contributed by atoms with Crippen LogP contribution in [-0.4, -0.2) is 119 Å². The van der Waals surface area contributed by atoms with Gasteiger partial charge in [0.2, 0.25) is 23.6 Å². The summed E-state index contributed by atoms with van der Waals surface area (Å²) in [5, 5.41) is 49.2. The lowest BCUT2D eigenvalue weighted by Crippen LogP contribution is -2.65. The standard InChI is InChI=1S/C21H37BrN4O10/c1-12(29)25-17-19(33)18(32)14(10-28)36-21(17)35-11-13(20(34)24-7-8-27)26-15(30)5-3-2-4-6-23-16(31)9-22/h13-14,17-19,21,27-28,32-33H,2-11H2,1H3,(H,23,31)(H,24,34)(H,25,29)(H,26,30)/t13-,14+,17+,18-,19+,21-/m0/s1. The van der Waals surface area contributed by atoms with E-state index in [9.17, 15) is 34.5 Å². The van der Waals surface area contributed by atoms with Gasteiger partial charge in [-0.1, -0.05) is 22.4 Å². The van der Waals surface area contributed by atoms with Crippen molar-refractivity contribution in [1.82, 2.24) is 21.3 Å². The Morgan fingerprint density at radius 3 is 2.33 bits per heavy atom. The van der Waals surface area contributed by atoms with Crippen molar-refractivity contribution in [2.24, 2.45) is 0 Å². The van der Waals surface area contributed by atoms with Crippen molar-refractivity contribution in [1.29, 1.82) is 0 Å². The minimum Gasteiger partial charge on any atom is -0.395 e. The summed E-state index contributed by atoms with van der Waals surface area (Å²) >= 11 is 3.05. The van der Waals surface area contributed by atoms with Crippen molar-refractivity contribution in [3.8, 4) is 0 Å². The number of unbranched alkanes of at least 4 members (excludes halogenated alkanes) is 2. The predicted molar refractivity (Wildman–Crippen MR) is 129 cm³/mol. The van der Waals surface area contributed by atoms with E-state index in [0.29, 0.717) is 25.8 Å². The Kier molecular flexibility index (Phi) is 15.7. The summed E-state index contributed by atoms with van der Waals surface area (Å²) in [4.78, 5) is 47.6. The molecule has 6 atom stereocenters. The zero-order valence-electron chi connectivity index (χ0n) is 20.2. The van der Waals surface area contributed by atoms with Crippen LogP contribution >= 0.6 is 15.9 Å². The zero-order chi connectivity index (χ0) is 27.1. The molecule has 36 heavy (non-hydrogen) atoms. The minimum absolute atomic E-state index is 0.0583.